The average molecular weight is 627 g/mol. The molecule has 9 nitrogen and oxygen atoms in total. The number of carbonyl (C=O) groups is 2. The van der Waals surface area contributed by atoms with Gasteiger partial charge in [-0.2, -0.15) is 0 Å². The molecule has 2 heterocycles. The number of thiophene rings is 1. The van der Waals surface area contributed by atoms with Crippen molar-refractivity contribution in [3.8, 4) is 27.6 Å². The van der Waals surface area contributed by atoms with Gasteiger partial charge in [-0.3, -0.25) is 19.0 Å². The summed E-state index contributed by atoms with van der Waals surface area (Å²) in [6.45, 7) is 10.4. The van der Waals surface area contributed by atoms with Crippen LogP contribution in [0.1, 0.15) is 41.5 Å². The van der Waals surface area contributed by atoms with E-state index in [2.05, 4.69) is 4.98 Å². The standard InChI is InChI=1S/C32H35ClN2O7S/c1-18(2)27(31(38)42-32(4,5)6)30(37)41-19(3)16-40-24-13-12-22(14-25(24)39-7)35-17-34-23-15-26(43-28(23)29(35)36)20-8-10-21(33)11-9-20/h8-15,17-19,27H,16H2,1-7H3/t19-,27?/m0/s1. The summed E-state index contributed by atoms with van der Waals surface area (Å²) in [5, 5.41) is 0.639. The largest absolute Gasteiger partial charge is 0.493 e. The second-order valence-corrected chi connectivity index (χ2v) is 12.9. The Balaban J connectivity index is 1.47. The van der Waals surface area contributed by atoms with Gasteiger partial charge in [0.15, 0.2) is 17.4 Å². The highest BCUT2D eigenvalue weighted by atomic mass is 35.5. The molecule has 11 heteroatoms. The van der Waals surface area contributed by atoms with Crippen LogP contribution < -0.4 is 15.0 Å². The first-order chi connectivity index (χ1) is 20.3. The topological polar surface area (TPSA) is 106 Å². The number of hydrogen-bond donors (Lipinski definition) is 0. The van der Waals surface area contributed by atoms with E-state index in [0.29, 0.717) is 32.4 Å². The van der Waals surface area contributed by atoms with Crippen LogP contribution in [0.3, 0.4) is 0 Å². The van der Waals surface area contributed by atoms with Gasteiger partial charge in [0.25, 0.3) is 5.56 Å². The summed E-state index contributed by atoms with van der Waals surface area (Å²) in [5.74, 6) is -1.87. The van der Waals surface area contributed by atoms with Crippen LogP contribution in [0, 0.1) is 11.8 Å². The first-order valence-electron chi connectivity index (χ1n) is 13.8. The summed E-state index contributed by atoms with van der Waals surface area (Å²) >= 11 is 7.38. The van der Waals surface area contributed by atoms with Gasteiger partial charge in [-0.15, -0.1) is 11.3 Å². The number of fused-ring (bicyclic) bond motifs is 1. The minimum Gasteiger partial charge on any atom is -0.493 e. The van der Waals surface area contributed by atoms with Crippen molar-refractivity contribution < 1.29 is 28.5 Å². The van der Waals surface area contributed by atoms with Crippen molar-refractivity contribution in [1.29, 1.82) is 0 Å². The molecule has 0 N–H and O–H groups in total. The Hall–Kier alpha value is -3.89. The molecule has 0 saturated carbocycles. The summed E-state index contributed by atoms with van der Waals surface area (Å²) in [7, 11) is 1.49. The van der Waals surface area contributed by atoms with Gasteiger partial charge in [0.05, 0.1) is 18.3 Å². The number of benzene rings is 2. The Labute approximate surface area is 259 Å². The molecule has 1 unspecified atom stereocenters. The molecule has 0 radical (unpaired) electrons. The fourth-order valence-corrected chi connectivity index (χ4v) is 5.47. The molecule has 0 saturated heterocycles. The fraction of sp³-hybridized carbons (Fsp3) is 0.375. The van der Waals surface area contributed by atoms with E-state index in [1.54, 1.807) is 71.9 Å². The van der Waals surface area contributed by atoms with E-state index in [1.165, 1.54) is 29.3 Å². The normalized spacial score (nSPS) is 13.0. The minimum absolute atomic E-state index is 0.0106. The van der Waals surface area contributed by atoms with Gasteiger partial charge in [-0.1, -0.05) is 37.6 Å². The number of ether oxygens (including phenoxy) is 4. The SMILES string of the molecule is COc1cc(-n2cnc3cc(-c4ccc(Cl)cc4)sc3c2=O)ccc1OC[C@H](C)OC(=O)C(C(=O)OC(C)(C)C)C(C)C. The van der Waals surface area contributed by atoms with Crippen molar-refractivity contribution in [3.63, 3.8) is 0 Å². The van der Waals surface area contributed by atoms with E-state index >= 15 is 0 Å². The third-order valence-corrected chi connectivity index (χ3v) is 7.78. The van der Waals surface area contributed by atoms with Gasteiger partial charge in [0.1, 0.15) is 29.3 Å². The van der Waals surface area contributed by atoms with E-state index in [1.807, 2.05) is 18.2 Å². The van der Waals surface area contributed by atoms with E-state index < -0.39 is 29.6 Å². The first-order valence-corrected chi connectivity index (χ1v) is 15.0. The lowest BCUT2D eigenvalue weighted by molar-refractivity contribution is -0.174. The Morgan fingerprint density at radius 2 is 1.70 bits per heavy atom. The van der Waals surface area contributed by atoms with Crippen LogP contribution in [0.2, 0.25) is 5.02 Å². The Bertz CT molecular complexity index is 1670. The van der Waals surface area contributed by atoms with Crippen molar-refractivity contribution >= 4 is 45.1 Å². The summed E-state index contributed by atoms with van der Waals surface area (Å²) in [6.07, 6.45) is 0.818. The smallest absolute Gasteiger partial charge is 0.321 e. The maximum atomic E-state index is 13.4. The van der Waals surface area contributed by atoms with Crippen molar-refractivity contribution in [1.82, 2.24) is 9.55 Å². The van der Waals surface area contributed by atoms with Crippen molar-refractivity contribution in [2.45, 2.75) is 53.2 Å². The lowest BCUT2D eigenvalue weighted by Crippen LogP contribution is -2.38. The summed E-state index contributed by atoms with van der Waals surface area (Å²) < 4.78 is 24.3. The van der Waals surface area contributed by atoms with E-state index in [0.717, 1.165) is 10.4 Å². The molecule has 43 heavy (non-hydrogen) atoms. The number of carbonyl (C=O) groups excluding carboxylic acids is 2. The summed E-state index contributed by atoms with van der Waals surface area (Å²) in [4.78, 5) is 44.3. The van der Waals surface area contributed by atoms with Crippen LogP contribution in [0.4, 0.5) is 0 Å². The highest BCUT2D eigenvalue weighted by molar-refractivity contribution is 7.22. The lowest BCUT2D eigenvalue weighted by Gasteiger charge is -2.26. The Kier molecular flexibility index (Phi) is 9.82. The molecule has 0 aliphatic carbocycles. The zero-order valence-corrected chi connectivity index (χ0v) is 26.7. The van der Waals surface area contributed by atoms with E-state index in [-0.39, 0.29) is 18.1 Å². The first kappa shape index (κ1) is 32.0. The second kappa shape index (κ2) is 13.2. The van der Waals surface area contributed by atoms with Crippen molar-refractivity contribution in [2.75, 3.05) is 13.7 Å². The molecule has 0 aliphatic heterocycles. The number of halogens is 1. The van der Waals surface area contributed by atoms with Gasteiger partial charge in [0, 0.05) is 16.0 Å². The van der Waals surface area contributed by atoms with Gasteiger partial charge in [-0.05, 0) is 69.5 Å². The molecule has 2 atom stereocenters. The molecule has 2 aromatic heterocycles. The molecule has 0 spiro atoms. The maximum absolute atomic E-state index is 13.4. The molecular weight excluding hydrogens is 592 g/mol. The zero-order valence-electron chi connectivity index (χ0n) is 25.2. The number of methoxy groups -OCH3 is 1. The molecule has 0 aliphatic rings. The number of aromatic nitrogens is 2. The zero-order chi connectivity index (χ0) is 31.5. The lowest BCUT2D eigenvalue weighted by atomic mass is 9.96. The molecule has 228 valence electrons. The van der Waals surface area contributed by atoms with Crippen LogP contribution >= 0.6 is 22.9 Å². The highest BCUT2D eigenvalue weighted by Crippen LogP contribution is 2.33. The average Bonchev–Trinajstić information content (AvgIpc) is 3.36. The molecule has 0 amide bonds. The van der Waals surface area contributed by atoms with Gasteiger partial charge >= 0.3 is 11.9 Å². The predicted octanol–water partition coefficient (Wildman–Crippen LogP) is 6.70. The van der Waals surface area contributed by atoms with Crippen LogP contribution in [0.25, 0.3) is 26.3 Å². The second-order valence-electron chi connectivity index (χ2n) is 11.4. The third-order valence-electron chi connectivity index (χ3n) is 6.36. The van der Waals surface area contributed by atoms with Gasteiger partial charge in [-0.25, -0.2) is 4.98 Å². The Morgan fingerprint density at radius 1 is 1.00 bits per heavy atom. The van der Waals surface area contributed by atoms with Crippen molar-refractivity contribution in [2.24, 2.45) is 11.8 Å². The molecule has 4 aromatic rings. The summed E-state index contributed by atoms with van der Waals surface area (Å²) in [6, 6.07) is 14.4. The monoisotopic (exact) mass is 626 g/mol. The molecule has 0 bridgehead atoms. The van der Waals surface area contributed by atoms with Crippen molar-refractivity contribution in [3.05, 3.63) is 70.2 Å². The number of rotatable bonds is 10. The minimum atomic E-state index is -1.05. The predicted molar refractivity (Wildman–Crippen MR) is 167 cm³/mol. The molecule has 4 rings (SSSR count). The fourth-order valence-electron chi connectivity index (χ4n) is 4.30. The van der Waals surface area contributed by atoms with Crippen LogP contribution in [0.5, 0.6) is 11.5 Å². The summed E-state index contributed by atoms with van der Waals surface area (Å²) in [5.41, 5.74) is 1.17. The van der Waals surface area contributed by atoms with Crippen LogP contribution in [0.15, 0.2) is 59.7 Å². The maximum Gasteiger partial charge on any atom is 0.321 e. The highest BCUT2D eigenvalue weighted by Gasteiger charge is 2.36. The van der Waals surface area contributed by atoms with Crippen LogP contribution in [-0.4, -0.2) is 46.9 Å². The van der Waals surface area contributed by atoms with Crippen LogP contribution in [-0.2, 0) is 19.1 Å². The molecule has 0 fully saturated rings. The van der Waals surface area contributed by atoms with Gasteiger partial charge < -0.3 is 18.9 Å². The number of hydrogen-bond acceptors (Lipinski definition) is 9. The number of esters is 2. The van der Waals surface area contributed by atoms with Gasteiger partial charge in [0.2, 0.25) is 0 Å². The van der Waals surface area contributed by atoms with E-state index in [9.17, 15) is 14.4 Å². The van der Waals surface area contributed by atoms with E-state index in [4.69, 9.17) is 30.5 Å². The molecule has 2 aromatic carbocycles. The molecular formula is C32H35ClN2O7S. The Morgan fingerprint density at radius 3 is 2.33 bits per heavy atom. The quantitative estimate of drug-likeness (QED) is 0.141. The number of nitrogens with zero attached hydrogens (tertiary/aromatic N) is 2. The third kappa shape index (κ3) is 7.74.